The van der Waals surface area contributed by atoms with Gasteiger partial charge in [-0.2, -0.15) is 0 Å². The average molecular weight is 280 g/mol. The Labute approximate surface area is 130 Å². The maximum Gasteiger partial charge on any atom is -0.00268 e. The van der Waals surface area contributed by atoms with Crippen LogP contribution in [-0.2, 0) is 0 Å². The SMILES string of the molecule is c1ccc(-c2cccc3cccc(-c4ccccc4)c23)cc1. The Morgan fingerprint density at radius 3 is 1.27 bits per heavy atom. The number of hydrogen-bond acceptors (Lipinski definition) is 0. The van der Waals surface area contributed by atoms with E-state index in [1.54, 1.807) is 0 Å². The molecule has 104 valence electrons. The van der Waals surface area contributed by atoms with Gasteiger partial charge < -0.3 is 0 Å². The van der Waals surface area contributed by atoms with Gasteiger partial charge in [0.1, 0.15) is 0 Å². The van der Waals surface area contributed by atoms with Crippen LogP contribution in [0.5, 0.6) is 0 Å². The molecule has 0 spiro atoms. The minimum absolute atomic E-state index is 1.26. The molecule has 0 aliphatic carbocycles. The van der Waals surface area contributed by atoms with E-state index < -0.39 is 0 Å². The van der Waals surface area contributed by atoms with Crippen LogP contribution in [0, 0.1) is 0 Å². The molecule has 4 rings (SSSR count). The van der Waals surface area contributed by atoms with Crippen LogP contribution < -0.4 is 0 Å². The van der Waals surface area contributed by atoms with Crippen molar-refractivity contribution in [2.24, 2.45) is 0 Å². The minimum atomic E-state index is 1.26. The van der Waals surface area contributed by atoms with Gasteiger partial charge in [-0.15, -0.1) is 0 Å². The van der Waals surface area contributed by atoms with E-state index in [-0.39, 0.29) is 0 Å². The van der Waals surface area contributed by atoms with E-state index in [0.29, 0.717) is 0 Å². The molecule has 0 aliphatic rings. The zero-order chi connectivity index (χ0) is 14.8. The summed E-state index contributed by atoms with van der Waals surface area (Å²) in [6.07, 6.45) is 0. The summed E-state index contributed by atoms with van der Waals surface area (Å²) in [6, 6.07) is 34.3. The molecule has 0 bridgehead atoms. The van der Waals surface area contributed by atoms with Crippen LogP contribution in [0.2, 0.25) is 0 Å². The van der Waals surface area contributed by atoms with E-state index in [1.165, 1.54) is 33.0 Å². The first-order valence-electron chi connectivity index (χ1n) is 7.56. The van der Waals surface area contributed by atoms with Crippen molar-refractivity contribution in [2.75, 3.05) is 0 Å². The molecule has 0 amide bonds. The molecule has 22 heavy (non-hydrogen) atoms. The van der Waals surface area contributed by atoms with Crippen LogP contribution in [0.1, 0.15) is 0 Å². The molecule has 0 unspecified atom stereocenters. The van der Waals surface area contributed by atoms with Gasteiger partial charge >= 0.3 is 0 Å². The third-order valence-electron chi connectivity index (χ3n) is 4.07. The molecule has 0 heteroatoms. The maximum atomic E-state index is 2.21. The summed E-state index contributed by atoms with van der Waals surface area (Å²) in [4.78, 5) is 0. The highest BCUT2D eigenvalue weighted by atomic mass is 14.1. The molecular weight excluding hydrogens is 264 g/mol. The molecule has 0 aromatic heterocycles. The summed E-state index contributed by atoms with van der Waals surface area (Å²) in [6.45, 7) is 0. The van der Waals surface area contributed by atoms with Crippen molar-refractivity contribution < 1.29 is 0 Å². The van der Waals surface area contributed by atoms with Crippen molar-refractivity contribution in [2.45, 2.75) is 0 Å². The van der Waals surface area contributed by atoms with Gasteiger partial charge in [0.2, 0.25) is 0 Å². The van der Waals surface area contributed by atoms with Crippen molar-refractivity contribution >= 4 is 10.8 Å². The second kappa shape index (κ2) is 5.50. The molecule has 0 fully saturated rings. The summed E-state index contributed by atoms with van der Waals surface area (Å²) in [7, 11) is 0. The number of benzene rings is 4. The van der Waals surface area contributed by atoms with Crippen molar-refractivity contribution in [3.63, 3.8) is 0 Å². The van der Waals surface area contributed by atoms with Crippen LogP contribution >= 0.6 is 0 Å². The zero-order valence-electron chi connectivity index (χ0n) is 12.2. The molecule has 0 radical (unpaired) electrons. The van der Waals surface area contributed by atoms with Gasteiger partial charge in [0.15, 0.2) is 0 Å². The zero-order valence-corrected chi connectivity index (χ0v) is 12.2. The summed E-state index contributed by atoms with van der Waals surface area (Å²) in [5.74, 6) is 0. The number of hydrogen-bond donors (Lipinski definition) is 0. The van der Waals surface area contributed by atoms with Gasteiger partial charge in [-0.3, -0.25) is 0 Å². The first kappa shape index (κ1) is 12.8. The smallest absolute Gasteiger partial charge is 0.00268 e. The van der Waals surface area contributed by atoms with Gasteiger partial charge in [-0.1, -0.05) is 97.1 Å². The summed E-state index contributed by atoms with van der Waals surface area (Å²) >= 11 is 0. The summed E-state index contributed by atoms with van der Waals surface area (Å²) < 4.78 is 0. The fourth-order valence-corrected chi connectivity index (χ4v) is 3.06. The maximum absolute atomic E-state index is 2.21. The van der Waals surface area contributed by atoms with Gasteiger partial charge in [0, 0.05) is 0 Å². The predicted molar refractivity (Wildman–Crippen MR) is 94.8 cm³/mol. The lowest BCUT2D eigenvalue weighted by molar-refractivity contribution is 1.62. The fourth-order valence-electron chi connectivity index (χ4n) is 3.06. The van der Waals surface area contributed by atoms with E-state index in [1.807, 2.05) is 0 Å². The number of fused-ring (bicyclic) bond motifs is 1. The van der Waals surface area contributed by atoms with E-state index in [9.17, 15) is 0 Å². The monoisotopic (exact) mass is 280 g/mol. The van der Waals surface area contributed by atoms with Gasteiger partial charge in [-0.05, 0) is 33.0 Å². The van der Waals surface area contributed by atoms with E-state index >= 15 is 0 Å². The molecule has 0 saturated carbocycles. The van der Waals surface area contributed by atoms with Crippen LogP contribution in [0.15, 0.2) is 97.1 Å². The topological polar surface area (TPSA) is 0 Å². The van der Waals surface area contributed by atoms with Crippen molar-refractivity contribution in [1.82, 2.24) is 0 Å². The molecule has 4 aromatic carbocycles. The first-order valence-corrected chi connectivity index (χ1v) is 7.56. The highest BCUT2D eigenvalue weighted by Gasteiger charge is 2.09. The Balaban J connectivity index is 2.07. The first-order chi connectivity index (χ1) is 10.9. The standard InChI is InChI=1S/C22H16/c1-3-9-17(10-4-1)20-15-7-13-19-14-8-16-21(22(19)20)18-11-5-2-6-12-18/h1-16H. The van der Waals surface area contributed by atoms with Crippen LogP contribution in [0.3, 0.4) is 0 Å². The second-order valence-corrected chi connectivity index (χ2v) is 5.44. The second-order valence-electron chi connectivity index (χ2n) is 5.44. The Hall–Kier alpha value is -2.86. The summed E-state index contributed by atoms with van der Waals surface area (Å²) in [5.41, 5.74) is 5.10. The van der Waals surface area contributed by atoms with Crippen molar-refractivity contribution in [3.05, 3.63) is 97.1 Å². The third kappa shape index (κ3) is 2.19. The highest BCUT2D eigenvalue weighted by Crippen LogP contribution is 2.36. The fraction of sp³-hybridized carbons (Fsp3) is 0. The Morgan fingerprint density at radius 1 is 0.364 bits per heavy atom. The van der Waals surface area contributed by atoms with Crippen LogP contribution in [-0.4, -0.2) is 0 Å². The Kier molecular flexibility index (Phi) is 3.21. The lowest BCUT2D eigenvalue weighted by Gasteiger charge is -2.12. The minimum Gasteiger partial charge on any atom is -0.0622 e. The molecule has 0 nitrogen and oxygen atoms in total. The Bertz CT molecular complexity index is 832. The normalized spacial score (nSPS) is 10.7. The largest absolute Gasteiger partial charge is 0.0622 e. The molecular formula is C22H16. The molecule has 0 saturated heterocycles. The summed E-state index contributed by atoms with van der Waals surface area (Å²) in [5, 5.41) is 2.60. The molecule has 4 aromatic rings. The van der Waals surface area contributed by atoms with Crippen molar-refractivity contribution in [3.8, 4) is 22.3 Å². The third-order valence-corrected chi connectivity index (χ3v) is 4.07. The van der Waals surface area contributed by atoms with E-state index in [2.05, 4.69) is 97.1 Å². The highest BCUT2D eigenvalue weighted by molar-refractivity contribution is 6.06. The quantitative estimate of drug-likeness (QED) is 0.411. The van der Waals surface area contributed by atoms with E-state index in [0.717, 1.165) is 0 Å². The number of rotatable bonds is 2. The lowest BCUT2D eigenvalue weighted by atomic mass is 9.91. The van der Waals surface area contributed by atoms with Gasteiger partial charge in [-0.25, -0.2) is 0 Å². The lowest BCUT2D eigenvalue weighted by Crippen LogP contribution is -1.86. The molecule has 0 N–H and O–H groups in total. The van der Waals surface area contributed by atoms with Crippen LogP contribution in [0.25, 0.3) is 33.0 Å². The van der Waals surface area contributed by atoms with Gasteiger partial charge in [0.25, 0.3) is 0 Å². The Morgan fingerprint density at radius 2 is 0.818 bits per heavy atom. The van der Waals surface area contributed by atoms with Gasteiger partial charge in [0.05, 0.1) is 0 Å². The van der Waals surface area contributed by atoms with E-state index in [4.69, 9.17) is 0 Å². The predicted octanol–water partition coefficient (Wildman–Crippen LogP) is 6.17. The molecule has 0 heterocycles. The average Bonchev–Trinajstić information content (AvgIpc) is 2.62. The van der Waals surface area contributed by atoms with Crippen LogP contribution in [0.4, 0.5) is 0 Å². The molecule has 0 atom stereocenters. The van der Waals surface area contributed by atoms with Crippen molar-refractivity contribution in [1.29, 1.82) is 0 Å². The molecule has 0 aliphatic heterocycles.